The molecule has 0 aliphatic heterocycles. The summed E-state index contributed by atoms with van der Waals surface area (Å²) in [5, 5.41) is 20.4. The van der Waals surface area contributed by atoms with Gasteiger partial charge in [0.05, 0.1) is 0 Å². The smallest absolute Gasteiger partial charge is 0.303 e. The Hall–Kier alpha value is -2.24. The summed E-state index contributed by atoms with van der Waals surface area (Å²) in [5.41, 5.74) is 0.978. The summed E-state index contributed by atoms with van der Waals surface area (Å²) in [5.74, 6) is -0.675. The number of carbonyl (C=O) groups excluding carboxylic acids is 1. The Morgan fingerprint density at radius 2 is 2.00 bits per heavy atom. The molecule has 1 aliphatic rings. The number of carboxylic acid groups (broad SMARTS) is 1. The third-order valence-corrected chi connectivity index (χ3v) is 6.81. The summed E-state index contributed by atoms with van der Waals surface area (Å²) in [6, 6.07) is 10.0. The number of hydrogen-bond donors (Lipinski definition) is 2. The minimum atomic E-state index is -0.748. The second kappa shape index (κ2) is 9.99. The summed E-state index contributed by atoms with van der Waals surface area (Å²) >= 11 is 1.57. The molecular weight excluding hydrogens is 384 g/mol. The number of Topliss-reactive ketones (excluding diaryl/α,β-unsaturated/α-hetero) is 1. The summed E-state index contributed by atoms with van der Waals surface area (Å²) in [7, 11) is 0. The second-order valence-corrected chi connectivity index (χ2v) is 8.91. The highest BCUT2D eigenvalue weighted by atomic mass is 32.1. The minimum Gasteiger partial charge on any atom is -0.481 e. The molecule has 29 heavy (non-hydrogen) atoms. The van der Waals surface area contributed by atoms with Gasteiger partial charge in [-0.05, 0) is 36.3 Å². The predicted molar refractivity (Wildman–Crippen MR) is 117 cm³/mol. The van der Waals surface area contributed by atoms with Gasteiger partial charge in [0.2, 0.25) is 0 Å². The lowest BCUT2D eigenvalue weighted by Crippen LogP contribution is -2.13. The number of fused-ring (bicyclic) bond motifs is 1. The van der Waals surface area contributed by atoms with Crippen LogP contribution < -0.4 is 0 Å². The molecule has 154 valence electrons. The van der Waals surface area contributed by atoms with E-state index in [1.54, 1.807) is 17.4 Å². The molecular formula is C24H28O4S. The van der Waals surface area contributed by atoms with Crippen molar-refractivity contribution in [2.45, 2.75) is 51.0 Å². The van der Waals surface area contributed by atoms with Crippen LogP contribution >= 0.6 is 11.3 Å². The SMILES string of the molecule is C=C1CC(=O)[C@@H](C=C[C@@H](O)c2cc3ccccc3s2)[C@H]1CCCCCCC(=O)O. The molecule has 0 amide bonds. The van der Waals surface area contributed by atoms with Crippen molar-refractivity contribution in [1.29, 1.82) is 0 Å². The number of benzene rings is 1. The highest BCUT2D eigenvalue weighted by Gasteiger charge is 2.35. The Morgan fingerprint density at radius 1 is 1.24 bits per heavy atom. The van der Waals surface area contributed by atoms with Crippen molar-refractivity contribution >= 4 is 33.2 Å². The number of aliphatic hydroxyl groups is 1. The Morgan fingerprint density at radius 3 is 2.76 bits per heavy atom. The van der Waals surface area contributed by atoms with Gasteiger partial charge in [-0.3, -0.25) is 9.59 Å². The molecule has 1 aliphatic carbocycles. The van der Waals surface area contributed by atoms with Gasteiger partial charge in [-0.2, -0.15) is 0 Å². The van der Waals surface area contributed by atoms with Gasteiger partial charge in [-0.15, -0.1) is 11.3 Å². The van der Waals surface area contributed by atoms with Gasteiger partial charge in [0.25, 0.3) is 0 Å². The summed E-state index contributed by atoms with van der Waals surface area (Å²) < 4.78 is 1.14. The first-order valence-electron chi connectivity index (χ1n) is 10.2. The van der Waals surface area contributed by atoms with Crippen LogP contribution in [0.5, 0.6) is 0 Å². The first kappa shape index (κ1) is 21.5. The van der Waals surface area contributed by atoms with Gasteiger partial charge in [-0.1, -0.05) is 61.8 Å². The molecule has 5 heteroatoms. The maximum atomic E-state index is 12.4. The van der Waals surface area contributed by atoms with E-state index in [0.29, 0.717) is 12.8 Å². The Kier molecular flexibility index (Phi) is 7.40. The zero-order valence-corrected chi connectivity index (χ0v) is 17.4. The number of unbranched alkanes of at least 4 members (excludes halogenated alkanes) is 3. The fraction of sp³-hybridized carbons (Fsp3) is 0.417. The lowest BCUT2D eigenvalue weighted by molar-refractivity contribution is -0.137. The summed E-state index contributed by atoms with van der Waals surface area (Å²) in [6.45, 7) is 4.10. The summed E-state index contributed by atoms with van der Waals surface area (Å²) in [6.07, 6.45) is 7.92. The molecule has 1 aromatic heterocycles. The first-order chi connectivity index (χ1) is 14.0. The molecule has 0 saturated heterocycles. The van der Waals surface area contributed by atoms with Crippen molar-refractivity contribution in [2.75, 3.05) is 0 Å². The summed E-state index contributed by atoms with van der Waals surface area (Å²) in [4.78, 5) is 23.9. The van der Waals surface area contributed by atoms with Crippen LogP contribution in [0, 0.1) is 11.8 Å². The van der Waals surface area contributed by atoms with Crippen molar-refractivity contribution < 1.29 is 19.8 Å². The van der Waals surface area contributed by atoms with Crippen LogP contribution in [0.4, 0.5) is 0 Å². The van der Waals surface area contributed by atoms with E-state index in [4.69, 9.17) is 5.11 Å². The second-order valence-electron chi connectivity index (χ2n) is 7.80. The molecule has 3 atom stereocenters. The number of carbonyl (C=O) groups is 2. The van der Waals surface area contributed by atoms with E-state index in [0.717, 1.165) is 46.2 Å². The number of thiophene rings is 1. The van der Waals surface area contributed by atoms with Crippen molar-refractivity contribution in [3.05, 3.63) is 59.5 Å². The van der Waals surface area contributed by atoms with E-state index >= 15 is 0 Å². The van der Waals surface area contributed by atoms with Crippen LogP contribution in [0.3, 0.4) is 0 Å². The quantitative estimate of drug-likeness (QED) is 0.389. The molecule has 0 bridgehead atoms. The maximum Gasteiger partial charge on any atom is 0.303 e. The zero-order chi connectivity index (χ0) is 20.8. The number of rotatable bonds is 10. The average molecular weight is 413 g/mol. The number of hydrogen-bond acceptors (Lipinski definition) is 4. The first-order valence-corrected chi connectivity index (χ1v) is 11.0. The van der Waals surface area contributed by atoms with Gasteiger partial charge in [0.15, 0.2) is 0 Å². The van der Waals surface area contributed by atoms with Crippen LogP contribution in [0.15, 0.2) is 54.6 Å². The lowest BCUT2D eigenvalue weighted by atomic mass is 9.87. The van der Waals surface area contributed by atoms with E-state index in [1.165, 1.54) is 0 Å². The molecule has 4 nitrogen and oxygen atoms in total. The van der Waals surface area contributed by atoms with Crippen molar-refractivity contribution in [2.24, 2.45) is 11.8 Å². The van der Waals surface area contributed by atoms with Crippen molar-refractivity contribution in [3.63, 3.8) is 0 Å². The molecule has 1 aromatic carbocycles. The topological polar surface area (TPSA) is 74.6 Å². The van der Waals surface area contributed by atoms with Gasteiger partial charge in [-0.25, -0.2) is 0 Å². The van der Waals surface area contributed by atoms with E-state index in [-0.39, 0.29) is 24.0 Å². The third kappa shape index (κ3) is 5.64. The number of carboxylic acids is 1. The monoisotopic (exact) mass is 412 g/mol. The zero-order valence-electron chi connectivity index (χ0n) is 16.5. The van der Waals surface area contributed by atoms with Gasteiger partial charge < -0.3 is 10.2 Å². The standard InChI is InChI=1S/C24H28O4S/c1-16-14-21(26)19(18(16)9-4-2-3-5-11-24(27)28)12-13-20(25)23-15-17-8-6-7-10-22(17)29-23/h6-8,10,12-13,15,18-20,25H,1-5,9,11,14H2,(H,27,28)/t18-,19-,20+/m0/s1. The molecule has 0 spiro atoms. The van der Waals surface area contributed by atoms with Gasteiger partial charge in [0.1, 0.15) is 11.9 Å². The fourth-order valence-corrected chi connectivity index (χ4v) is 5.07. The van der Waals surface area contributed by atoms with Crippen LogP contribution in [-0.4, -0.2) is 22.0 Å². The van der Waals surface area contributed by atoms with Crippen molar-refractivity contribution in [1.82, 2.24) is 0 Å². The molecule has 1 heterocycles. The van der Waals surface area contributed by atoms with E-state index < -0.39 is 12.1 Å². The average Bonchev–Trinajstić information content (AvgIpc) is 3.23. The molecule has 0 unspecified atom stereocenters. The Balaban J connectivity index is 1.57. The molecule has 3 rings (SSSR count). The maximum absolute atomic E-state index is 12.4. The third-order valence-electron chi connectivity index (χ3n) is 5.62. The largest absolute Gasteiger partial charge is 0.481 e. The fourth-order valence-electron chi connectivity index (χ4n) is 4.04. The Bertz CT molecular complexity index is 877. The normalized spacial score (nSPS) is 20.7. The van der Waals surface area contributed by atoms with Crippen LogP contribution in [0.2, 0.25) is 0 Å². The molecule has 0 radical (unpaired) electrons. The molecule has 1 fully saturated rings. The highest BCUT2D eigenvalue weighted by Crippen LogP contribution is 2.38. The van der Waals surface area contributed by atoms with Crippen LogP contribution in [-0.2, 0) is 9.59 Å². The van der Waals surface area contributed by atoms with Crippen molar-refractivity contribution in [3.8, 4) is 0 Å². The predicted octanol–water partition coefficient (Wildman–Crippen LogP) is 5.68. The Labute approximate surface area is 175 Å². The van der Waals surface area contributed by atoms with Crippen LogP contribution in [0.25, 0.3) is 10.1 Å². The van der Waals surface area contributed by atoms with Gasteiger partial charge >= 0.3 is 5.97 Å². The lowest BCUT2D eigenvalue weighted by Gasteiger charge is -2.16. The van der Waals surface area contributed by atoms with E-state index in [1.807, 2.05) is 36.4 Å². The van der Waals surface area contributed by atoms with E-state index in [9.17, 15) is 14.7 Å². The van der Waals surface area contributed by atoms with Gasteiger partial charge in [0, 0.05) is 28.3 Å². The number of aliphatic hydroxyl groups excluding tert-OH is 1. The molecule has 2 N–H and O–H groups in total. The number of aliphatic carboxylic acids is 1. The van der Waals surface area contributed by atoms with E-state index in [2.05, 4.69) is 6.58 Å². The molecule has 2 aromatic rings. The minimum absolute atomic E-state index is 0.118. The molecule has 1 saturated carbocycles. The highest BCUT2D eigenvalue weighted by molar-refractivity contribution is 7.19. The number of ketones is 1. The van der Waals surface area contributed by atoms with Crippen LogP contribution in [0.1, 0.15) is 55.9 Å². The number of allylic oxidation sites excluding steroid dienone is 2.